The van der Waals surface area contributed by atoms with Crippen LogP contribution < -0.4 is 10.6 Å². The predicted molar refractivity (Wildman–Crippen MR) is 101 cm³/mol. The van der Waals surface area contributed by atoms with E-state index < -0.39 is 0 Å². The van der Waals surface area contributed by atoms with Crippen molar-refractivity contribution in [2.45, 2.75) is 38.8 Å². The van der Waals surface area contributed by atoms with E-state index in [1.165, 1.54) is 5.57 Å². The number of benzene rings is 1. The van der Waals surface area contributed by atoms with Crippen LogP contribution >= 0.6 is 23.2 Å². The first-order valence-electron chi connectivity index (χ1n) is 8.24. The fourth-order valence-corrected chi connectivity index (χ4v) is 3.54. The second-order valence-electron chi connectivity index (χ2n) is 6.51. The van der Waals surface area contributed by atoms with Crippen molar-refractivity contribution < 1.29 is 4.79 Å². The number of amides is 2. The van der Waals surface area contributed by atoms with Crippen molar-refractivity contribution in [3.05, 3.63) is 46.0 Å². The normalized spacial score (nSPS) is 17.3. The van der Waals surface area contributed by atoms with Crippen LogP contribution in [0.2, 0.25) is 10.0 Å². The summed E-state index contributed by atoms with van der Waals surface area (Å²) in [7, 11) is 0. The van der Waals surface area contributed by atoms with Gasteiger partial charge in [0.2, 0.25) is 0 Å². The van der Waals surface area contributed by atoms with E-state index in [1.54, 1.807) is 12.1 Å². The van der Waals surface area contributed by atoms with Gasteiger partial charge in [0.25, 0.3) is 0 Å². The van der Waals surface area contributed by atoms with Crippen LogP contribution in [0.4, 0.5) is 4.79 Å². The molecule has 0 aliphatic carbocycles. The summed E-state index contributed by atoms with van der Waals surface area (Å²) < 4.78 is 0. The van der Waals surface area contributed by atoms with Gasteiger partial charge >= 0.3 is 6.03 Å². The highest BCUT2D eigenvalue weighted by molar-refractivity contribution is 6.35. The first kappa shape index (κ1) is 19.1. The summed E-state index contributed by atoms with van der Waals surface area (Å²) in [5.74, 6) is 0. The first-order chi connectivity index (χ1) is 11.3. The molecule has 1 aliphatic rings. The minimum atomic E-state index is -0.182. The number of hydrogen-bond donors (Lipinski definition) is 2. The number of carbonyl (C=O) groups is 1. The van der Waals surface area contributed by atoms with Crippen molar-refractivity contribution in [3.63, 3.8) is 0 Å². The second-order valence-corrected chi connectivity index (χ2v) is 7.36. The van der Waals surface area contributed by atoms with Gasteiger partial charge in [-0.2, -0.15) is 0 Å². The minimum Gasteiger partial charge on any atom is -0.335 e. The van der Waals surface area contributed by atoms with Crippen molar-refractivity contribution in [1.29, 1.82) is 0 Å². The molecule has 1 aromatic rings. The van der Waals surface area contributed by atoms with Crippen LogP contribution in [0.15, 0.2) is 30.4 Å². The topological polar surface area (TPSA) is 44.4 Å². The maximum Gasteiger partial charge on any atom is 0.315 e. The van der Waals surface area contributed by atoms with Crippen LogP contribution in [0, 0.1) is 0 Å². The molecule has 1 unspecified atom stereocenters. The lowest BCUT2D eigenvalue weighted by Gasteiger charge is -2.32. The summed E-state index contributed by atoms with van der Waals surface area (Å²) in [5, 5.41) is 7.14. The number of carbonyl (C=O) groups excluding carboxylic acids is 1. The van der Waals surface area contributed by atoms with E-state index >= 15 is 0 Å². The molecule has 1 aliphatic heterocycles. The number of rotatable bonds is 5. The predicted octanol–water partition coefficient (Wildman–Crippen LogP) is 4.39. The molecule has 6 heteroatoms. The van der Waals surface area contributed by atoms with E-state index in [2.05, 4.69) is 22.1 Å². The van der Waals surface area contributed by atoms with Crippen molar-refractivity contribution in [2.75, 3.05) is 19.6 Å². The Labute approximate surface area is 154 Å². The van der Waals surface area contributed by atoms with Gasteiger partial charge in [0, 0.05) is 35.7 Å². The standard InChI is InChI=1S/C18H25Cl2N3O/c1-12(2)11-23-8-6-15(7-9-23)22-18(24)21-13(3)16-5-4-14(19)10-17(16)20/h4-5,10,13,15H,1,6-9,11H2,2-3H3,(H2,21,22,24). The molecule has 2 N–H and O–H groups in total. The van der Waals surface area contributed by atoms with E-state index in [4.69, 9.17) is 23.2 Å². The van der Waals surface area contributed by atoms with Crippen molar-refractivity contribution in [2.24, 2.45) is 0 Å². The minimum absolute atomic E-state index is 0.160. The summed E-state index contributed by atoms with van der Waals surface area (Å²) in [6.45, 7) is 10.8. The molecular formula is C18H25Cl2N3O. The van der Waals surface area contributed by atoms with E-state index in [0.29, 0.717) is 10.0 Å². The first-order valence-corrected chi connectivity index (χ1v) is 8.99. The van der Waals surface area contributed by atoms with Crippen LogP contribution in [-0.4, -0.2) is 36.6 Å². The van der Waals surface area contributed by atoms with E-state index in [0.717, 1.165) is 38.0 Å². The van der Waals surface area contributed by atoms with Gasteiger partial charge in [0.05, 0.1) is 6.04 Å². The quantitative estimate of drug-likeness (QED) is 0.755. The molecular weight excluding hydrogens is 345 g/mol. The molecule has 0 aromatic heterocycles. The average molecular weight is 370 g/mol. The monoisotopic (exact) mass is 369 g/mol. The molecule has 0 bridgehead atoms. The molecule has 1 fully saturated rings. The number of hydrogen-bond acceptors (Lipinski definition) is 2. The summed E-state index contributed by atoms with van der Waals surface area (Å²) in [6, 6.07) is 5.16. The lowest BCUT2D eigenvalue weighted by Crippen LogP contribution is -2.48. The number of nitrogens with one attached hydrogen (secondary N) is 2. The fourth-order valence-electron chi connectivity index (χ4n) is 2.97. The Morgan fingerprint density at radius 3 is 2.62 bits per heavy atom. The lowest BCUT2D eigenvalue weighted by molar-refractivity contribution is 0.200. The molecule has 2 amide bonds. The molecule has 0 saturated carbocycles. The molecule has 0 spiro atoms. The molecule has 132 valence electrons. The Kier molecular flexibility index (Phi) is 6.96. The number of urea groups is 1. The molecule has 4 nitrogen and oxygen atoms in total. The molecule has 1 aromatic carbocycles. The van der Waals surface area contributed by atoms with E-state index in [1.807, 2.05) is 19.9 Å². The van der Waals surface area contributed by atoms with Crippen LogP contribution in [0.1, 0.15) is 38.3 Å². The zero-order valence-corrected chi connectivity index (χ0v) is 15.8. The molecule has 1 saturated heterocycles. The Balaban J connectivity index is 1.80. The van der Waals surface area contributed by atoms with Gasteiger partial charge in [0.1, 0.15) is 0 Å². The third-order valence-corrected chi connectivity index (χ3v) is 4.76. The maximum atomic E-state index is 12.2. The number of piperidine rings is 1. The fraction of sp³-hybridized carbons (Fsp3) is 0.500. The Bertz CT molecular complexity index is 598. The van der Waals surface area contributed by atoms with Gasteiger partial charge in [-0.25, -0.2) is 4.79 Å². The van der Waals surface area contributed by atoms with Crippen LogP contribution in [0.25, 0.3) is 0 Å². The van der Waals surface area contributed by atoms with E-state index in [9.17, 15) is 4.79 Å². The van der Waals surface area contributed by atoms with Gasteiger partial charge in [-0.15, -0.1) is 0 Å². The van der Waals surface area contributed by atoms with Crippen molar-refractivity contribution >= 4 is 29.2 Å². The molecule has 0 radical (unpaired) electrons. The zero-order valence-electron chi connectivity index (χ0n) is 14.2. The number of likely N-dealkylation sites (tertiary alicyclic amines) is 1. The molecule has 2 rings (SSSR count). The summed E-state index contributed by atoms with van der Waals surface area (Å²) in [6.07, 6.45) is 1.91. The number of nitrogens with zero attached hydrogens (tertiary/aromatic N) is 1. The summed E-state index contributed by atoms with van der Waals surface area (Å²) in [4.78, 5) is 14.6. The highest BCUT2D eigenvalue weighted by Gasteiger charge is 2.21. The van der Waals surface area contributed by atoms with Gasteiger partial charge in [-0.1, -0.05) is 41.4 Å². The van der Waals surface area contributed by atoms with Crippen molar-refractivity contribution in [1.82, 2.24) is 15.5 Å². The highest BCUT2D eigenvalue weighted by Crippen LogP contribution is 2.26. The highest BCUT2D eigenvalue weighted by atomic mass is 35.5. The third-order valence-electron chi connectivity index (χ3n) is 4.19. The SMILES string of the molecule is C=C(C)CN1CCC(NC(=O)NC(C)c2ccc(Cl)cc2Cl)CC1. The van der Waals surface area contributed by atoms with Crippen LogP contribution in [0.5, 0.6) is 0 Å². The third kappa shape index (κ3) is 5.69. The smallest absolute Gasteiger partial charge is 0.315 e. The Morgan fingerprint density at radius 2 is 2.04 bits per heavy atom. The number of halogens is 2. The second kappa shape index (κ2) is 8.75. The van der Waals surface area contributed by atoms with Gasteiger partial charge in [0.15, 0.2) is 0 Å². The maximum absolute atomic E-state index is 12.2. The van der Waals surface area contributed by atoms with Crippen LogP contribution in [-0.2, 0) is 0 Å². The van der Waals surface area contributed by atoms with Gasteiger partial charge < -0.3 is 10.6 Å². The zero-order chi connectivity index (χ0) is 17.7. The summed E-state index contributed by atoms with van der Waals surface area (Å²) >= 11 is 12.1. The Hall–Kier alpha value is -1.23. The Morgan fingerprint density at radius 1 is 1.38 bits per heavy atom. The average Bonchev–Trinajstić information content (AvgIpc) is 2.48. The molecule has 1 atom stereocenters. The largest absolute Gasteiger partial charge is 0.335 e. The van der Waals surface area contributed by atoms with Crippen molar-refractivity contribution in [3.8, 4) is 0 Å². The van der Waals surface area contributed by atoms with Gasteiger partial charge in [-0.3, -0.25) is 4.90 Å². The molecule has 24 heavy (non-hydrogen) atoms. The summed E-state index contributed by atoms with van der Waals surface area (Å²) in [5.41, 5.74) is 2.03. The van der Waals surface area contributed by atoms with Crippen LogP contribution in [0.3, 0.4) is 0 Å². The lowest BCUT2D eigenvalue weighted by atomic mass is 10.0. The molecule has 1 heterocycles. The van der Waals surface area contributed by atoms with Gasteiger partial charge in [-0.05, 0) is 44.4 Å². The van der Waals surface area contributed by atoms with E-state index in [-0.39, 0.29) is 18.1 Å².